The number of benzene rings is 1. The zero-order valence-corrected chi connectivity index (χ0v) is 13.2. The summed E-state index contributed by atoms with van der Waals surface area (Å²) < 4.78 is 6.08. The molecule has 1 heterocycles. The van der Waals surface area contributed by atoms with Crippen LogP contribution in [0.2, 0.25) is 0 Å². The smallest absolute Gasteiger partial charge is 0.0842 e. The van der Waals surface area contributed by atoms with Crippen molar-refractivity contribution in [2.75, 3.05) is 13.2 Å². The Morgan fingerprint density at radius 3 is 2.65 bits per heavy atom. The quantitative estimate of drug-likeness (QED) is 0.808. The van der Waals surface area contributed by atoms with Crippen LogP contribution in [-0.4, -0.2) is 19.2 Å². The van der Waals surface area contributed by atoms with Crippen LogP contribution >= 0.6 is 0 Å². The molecule has 0 amide bonds. The zero-order chi connectivity index (χ0) is 14.4. The van der Waals surface area contributed by atoms with E-state index in [4.69, 9.17) is 4.74 Å². The molecule has 0 radical (unpaired) electrons. The Morgan fingerprint density at radius 1 is 1.20 bits per heavy atom. The molecule has 20 heavy (non-hydrogen) atoms. The van der Waals surface area contributed by atoms with Crippen molar-refractivity contribution in [2.24, 2.45) is 5.92 Å². The molecular weight excluding hydrogens is 246 g/mol. The van der Waals surface area contributed by atoms with Gasteiger partial charge in [-0.2, -0.15) is 0 Å². The average Bonchev–Trinajstić information content (AvgIpc) is 2.49. The molecule has 1 aliphatic heterocycles. The first-order valence-electron chi connectivity index (χ1n) is 8.22. The monoisotopic (exact) mass is 275 g/mol. The van der Waals surface area contributed by atoms with E-state index in [-0.39, 0.29) is 6.10 Å². The second kappa shape index (κ2) is 7.80. The summed E-state index contributed by atoms with van der Waals surface area (Å²) in [4.78, 5) is 0. The van der Waals surface area contributed by atoms with Crippen LogP contribution in [0.4, 0.5) is 0 Å². The van der Waals surface area contributed by atoms with Crippen LogP contribution in [0, 0.1) is 5.92 Å². The van der Waals surface area contributed by atoms with E-state index in [0.29, 0.717) is 6.04 Å². The minimum Gasteiger partial charge on any atom is -0.373 e. The van der Waals surface area contributed by atoms with Crippen LogP contribution in [0.1, 0.15) is 57.3 Å². The second-order valence-corrected chi connectivity index (χ2v) is 5.78. The van der Waals surface area contributed by atoms with Gasteiger partial charge in [-0.3, -0.25) is 0 Å². The summed E-state index contributed by atoms with van der Waals surface area (Å²) >= 11 is 0. The van der Waals surface area contributed by atoms with Gasteiger partial charge in [0.2, 0.25) is 0 Å². The van der Waals surface area contributed by atoms with Gasteiger partial charge in [0.05, 0.1) is 12.7 Å². The molecule has 0 fully saturated rings. The van der Waals surface area contributed by atoms with Crippen molar-refractivity contribution in [1.29, 1.82) is 0 Å². The van der Waals surface area contributed by atoms with Crippen molar-refractivity contribution in [3.8, 4) is 0 Å². The van der Waals surface area contributed by atoms with E-state index in [1.807, 2.05) is 0 Å². The largest absolute Gasteiger partial charge is 0.373 e. The van der Waals surface area contributed by atoms with Gasteiger partial charge in [0.1, 0.15) is 0 Å². The lowest BCUT2D eigenvalue weighted by molar-refractivity contribution is 0.0241. The fourth-order valence-electron chi connectivity index (χ4n) is 3.46. The van der Waals surface area contributed by atoms with Gasteiger partial charge in [-0.1, -0.05) is 57.9 Å². The number of hydrogen-bond donors (Lipinski definition) is 1. The molecule has 0 bridgehead atoms. The highest BCUT2D eigenvalue weighted by atomic mass is 16.5. The van der Waals surface area contributed by atoms with Crippen molar-refractivity contribution < 1.29 is 4.74 Å². The first kappa shape index (κ1) is 15.5. The van der Waals surface area contributed by atoms with Gasteiger partial charge in [0, 0.05) is 6.04 Å². The molecule has 0 aromatic heterocycles. The second-order valence-electron chi connectivity index (χ2n) is 5.78. The average molecular weight is 275 g/mol. The molecule has 2 rings (SSSR count). The van der Waals surface area contributed by atoms with Gasteiger partial charge in [-0.05, 0) is 36.4 Å². The zero-order valence-electron chi connectivity index (χ0n) is 13.2. The molecule has 1 aliphatic rings. The van der Waals surface area contributed by atoms with Crippen LogP contribution in [0.5, 0.6) is 0 Å². The Bertz CT molecular complexity index is 400. The highest BCUT2D eigenvalue weighted by molar-refractivity contribution is 5.31. The maximum atomic E-state index is 6.08. The van der Waals surface area contributed by atoms with Crippen LogP contribution in [0.25, 0.3) is 0 Å². The summed E-state index contributed by atoms with van der Waals surface area (Å²) in [6.07, 6.45) is 4.90. The molecule has 2 unspecified atom stereocenters. The maximum absolute atomic E-state index is 6.08. The van der Waals surface area contributed by atoms with E-state index in [9.17, 15) is 0 Å². The van der Waals surface area contributed by atoms with Crippen molar-refractivity contribution in [3.63, 3.8) is 0 Å². The first-order chi connectivity index (χ1) is 9.80. The minimum atomic E-state index is 0.268. The fraction of sp³-hybridized carbons (Fsp3) is 0.667. The Labute approximate surface area is 123 Å². The lowest BCUT2D eigenvalue weighted by atomic mass is 9.86. The van der Waals surface area contributed by atoms with Gasteiger partial charge in [-0.15, -0.1) is 0 Å². The molecule has 0 spiro atoms. The third kappa shape index (κ3) is 3.62. The van der Waals surface area contributed by atoms with Crippen molar-refractivity contribution in [3.05, 3.63) is 35.4 Å². The summed E-state index contributed by atoms with van der Waals surface area (Å²) in [6, 6.07) is 9.34. The van der Waals surface area contributed by atoms with Crippen LogP contribution in [0.3, 0.4) is 0 Å². The highest BCUT2D eigenvalue weighted by Gasteiger charge is 2.26. The molecule has 2 atom stereocenters. The lowest BCUT2D eigenvalue weighted by Crippen LogP contribution is -2.38. The number of ether oxygens (including phenoxy) is 1. The summed E-state index contributed by atoms with van der Waals surface area (Å²) in [5.74, 6) is 0.743. The normalized spacial score (nSPS) is 19.9. The molecule has 112 valence electrons. The van der Waals surface area contributed by atoms with Gasteiger partial charge in [-0.25, -0.2) is 0 Å². The van der Waals surface area contributed by atoms with E-state index in [1.54, 1.807) is 0 Å². The minimum absolute atomic E-state index is 0.268. The number of rotatable bonds is 7. The standard InChI is InChI=1S/C18H29NO/c1-4-14(5-2)17(19-6-3)13-18-16-10-8-7-9-15(16)11-12-20-18/h7-10,14,17-19H,4-6,11-13H2,1-3H3. The lowest BCUT2D eigenvalue weighted by Gasteiger charge is -2.33. The van der Waals surface area contributed by atoms with Gasteiger partial charge in [0.15, 0.2) is 0 Å². The molecule has 2 nitrogen and oxygen atoms in total. The Morgan fingerprint density at radius 2 is 1.95 bits per heavy atom. The third-order valence-corrected chi connectivity index (χ3v) is 4.64. The van der Waals surface area contributed by atoms with E-state index in [1.165, 1.54) is 24.0 Å². The Kier molecular flexibility index (Phi) is 6.06. The number of fused-ring (bicyclic) bond motifs is 1. The summed E-state index contributed by atoms with van der Waals surface area (Å²) in [6.45, 7) is 8.70. The summed E-state index contributed by atoms with van der Waals surface area (Å²) in [5, 5.41) is 3.68. The maximum Gasteiger partial charge on any atom is 0.0842 e. The third-order valence-electron chi connectivity index (χ3n) is 4.64. The van der Waals surface area contributed by atoms with Crippen LogP contribution in [0.15, 0.2) is 24.3 Å². The van der Waals surface area contributed by atoms with E-state index >= 15 is 0 Å². The van der Waals surface area contributed by atoms with Gasteiger partial charge in [0.25, 0.3) is 0 Å². The number of hydrogen-bond acceptors (Lipinski definition) is 2. The van der Waals surface area contributed by atoms with Gasteiger partial charge < -0.3 is 10.1 Å². The summed E-state index contributed by atoms with van der Waals surface area (Å²) in [7, 11) is 0. The summed E-state index contributed by atoms with van der Waals surface area (Å²) in [5.41, 5.74) is 2.89. The number of nitrogens with one attached hydrogen (secondary N) is 1. The predicted molar refractivity (Wildman–Crippen MR) is 85.0 cm³/mol. The molecule has 0 aliphatic carbocycles. The van der Waals surface area contributed by atoms with E-state index in [2.05, 4.69) is 50.4 Å². The van der Waals surface area contributed by atoms with Gasteiger partial charge >= 0.3 is 0 Å². The molecule has 0 saturated heterocycles. The molecular formula is C18H29NO. The van der Waals surface area contributed by atoms with E-state index < -0.39 is 0 Å². The highest BCUT2D eigenvalue weighted by Crippen LogP contribution is 2.32. The fourth-order valence-corrected chi connectivity index (χ4v) is 3.46. The SMILES string of the molecule is CCNC(CC1OCCc2ccccc21)C(CC)CC. The van der Waals surface area contributed by atoms with Crippen LogP contribution < -0.4 is 5.32 Å². The van der Waals surface area contributed by atoms with E-state index in [0.717, 1.165) is 31.9 Å². The van der Waals surface area contributed by atoms with Crippen LogP contribution in [-0.2, 0) is 11.2 Å². The molecule has 1 aromatic carbocycles. The molecule has 1 N–H and O–H groups in total. The first-order valence-corrected chi connectivity index (χ1v) is 8.22. The Hall–Kier alpha value is -0.860. The molecule has 1 aromatic rings. The predicted octanol–water partition coefficient (Wildman–Crippen LogP) is 4.10. The van der Waals surface area contributed by atoms with Crippen molar-refractivity contribution >= 4 is 0 Å². The molecule has 2 heteroatoms. The Balaban J connectivity index is 2.11. The van der Waals surface area contributed by atoms with Crippen molar-refractivity contribution in [2.45, 2.75) is 58.6 Å². The van der Waals surface area contributed by atoms with Crippen molar-refractivity contribution in [1.82, 2.24) is 5.32 Å². The molecule has 0 saturated carbocycles. The topological polar surface area (TPSA) is 21.3 Å².